The van der Waals surface area contributed by atoms with Crippen molar-refractivity contribution in [3.8, 4) is 0 Å². The number of amides is 1. The highest BCUT2D eigenvalue weighted by Gasteiger charge is 2.39. The van der Waals surface area contributed by atoms with E-state index in [2.05, 4.69) is 10.3 Å². The lowest BCUT2D eigenvalue weighted by Crippen LogP contribution is -2.40. The summed E-state index contributed by atoms with van der Waals surface area (Å²) in [6.07, 6.45) is 7.38. The Bertz CT molecular complexity index is 913. The van der Waals surface area contributed by atoms with Gasteiger partial charge in [-0.3, -0.25) is 4.79 Å². The molecular formula is C21H21FN2OS. The predicted octanol–water partition coefficient (Wildman–Crippen LogP) is 5.57. The number of fused-ring (bicyclic) bond motifs is 1. The van der Waals surface area contributed by atoms with Gasteiger partial charge in [-0.25, -0.2) is 9.37 Å². The van der Waals surface area contributed by atoms with E-state index in [1.165, 1.54) is 18.6 Å². The number of nitrogens with zero attached hydrogens (tertiary/aromatic N) is 1. The minimum absolute atomic E-state index is 0.0536. The number of halogens is 1. The van der Waals surface area contributed by atoms with Crippen LogP contribution in [0.5, 0.6) is 0 Å². The van der Waals surface area contributed by atoms with E-state index in [9.17, 15) is 9.18 Å². The molecule has 1 amide bonds. The Morgan fingerprint density at radius 2 is 1.92 bits per heavy atom. The summed E-state index contributed by atoms with van der Waals surface area (Å²) in [4.78, 5) is 18.6. The molecule has 0 unspecified atom stereocenters. The predicted molar refractivity (Wildman–Crippen MR) is 104 cm³/mol. The SMILES string of the molecule is O=C(Nc1cnc2sccc2c1)C1(Cc2ccc(F)cc2)CCCCC1. The molecule has 1 N–H and O–H groups in total. The Balaban J connectivity index is 1.58. The second-order valence-electron chi connectivity index (χ2n) is 7.14. The maximum atomic E-state index is 13.2. The molecule has 2 aromatic heterocycles. The molecule has 1 aromatic carbocycles. The molecule has 0 bridgehead atoms. The zero-order chi connectivity index (χ0) is 18.0. The van der Waals surface area contributed by atoms with Crippen molar-refractivity contribution in [3.63, 3.8) is 0 Å². The third kappa shape index (κ3) is 3.49. The van der Waals surface area contributed by atoms with Gasteiger partial charge in [0.2, 0.25) is 5.91 Å². The average molecular weight is 368 g/mol. The quantitative estimate of drug-likeness (QED) is 0.654. The van der Waals surface area contributed by atoms with Crippen LogP contribution in [0.1, 0.15) is 37.7 Å². The van der Waals surface area contributed by atoms with Gasteiger partial charge >= 0.3 is 0 Å². The van der Waals surface area contributed by atoms with Crippen LogP contribution < -0.4 is 5.32 Å². The van der Waals surface area contributed by atoms with Gasteiger partial charge in [0.25, 0.3) is 0 Å². The van der Waals surface area contributed by atoms with Crippen molar-refractivity contribution in [1.29, 1.82) is 0 Å². The first-order valence-electron chi connectivity index (χ1n) is 9.04. The number of pyridine rings is 1. The van der Waals surface area contributed by atoms with Gasteiger partial charge in [0.05, 0.1) is 17.3 Å². The van der Waals surface area contributed by atoms with Crippen LogP contribution in [0.3, 0.4) is 0 Å². The number of carbonyl (C=O) groups excluding carboxylic acids is 1. The van der Waals surface area contributed by atoms with Crippen LogP contribution in [0.4, 0.5) is 10.1 Å². The number of hydrogen-bond acceptors (Lipinski definition) is 3. The normalized spacial score (nSPS) is 16.5. The van der Waals surface area contributed by atoms with Crippen molar-refractivity contribution in [1.82, 2.24) is 4.98 Å². The topological polar surface area (TPSA) is 42.0 Å². The molecule has 5 heteroatoms. The molecule has 26 heavy (non-hydrogen) atoms. The summed E-state index contributed by atoms with van der Waals surface area (Å²) in [6, 6.07) is 10.5. The van der Waals surface area contributed by atoms with Crippen molar-refractivity contribution in [2.75, 3.05) is 5.32 Å². The maximum absolute atomic E-state index is 13.2. The van der Waals surface area contributed by atoms with Gasteiger partial charge < -0.3 is 5.32 Å². The first-order valence-corrected chi connectivity index (χ1v) is 9.92. The zero-order valence-corrected chi connectivity index (χ0v) is 15.3. The van der Waals surface area contributed by atoms with Gasteiger partial charge in [-0.15, -0.1) is 11.3 Å². The fourth-order valence-electron chi connectivity index (χ4n) is 3.90. The Kier molecular flexibility index (Phi) is 4.72. The van der Waals surface area contributed by atoms with Crippen LogP contribution in [0.15, 0.2) is 48.0 Å². The average Bonchev–Trinajstić information content (AvgIpc) is 3.12. The van der Waals surface area contributed by atoms with E-state index < -0.39 is 5.41 Å². The van der Waals surface area contributed by atoms with Crippen molar-refractivity contribution in [2.24, 2.45) is 5.41 Å². The molecule has 134 valence electrons. The van der Waals surface area contributed by atoms with E-state index in [0.717, 1.165) is 47.2 Å². The van der Waals surface area contributed by atoms with Crippen LogP contribution in [-0.2, 0) is 11.2 Å². The molecule has 1 aliphatic carbocycles. The molecule has 0 spiro atoms. The van der Waals surface area contributed by atoms with E-state index in [1.807, 2.05) is 17.5 Å². The number of rotatable bonds is 4. The lowest BCUT2D eigenvalue weighted by Gasteiger charge is -2.36. The number of carbonyl (C=O) groups is 1. The standard InChI is InChI=1S/C21H21FN2OS/c22-17-6-4-15(5-7-17)13-21(9-2-1-3-10-21)20(25)24-18-12-16-8-11-26-19(16)23-14-18/h4-8,11-12,14H,1-3,9-10,13H2,(H,24,25). The van der Waals surface area contributed by atoms with Crippen LogP contribution >= 0.6 is 11.3 Å². The minimum Gasteiger partial charge on any atom is -0.324 e. The zero-order valence-electron chi connectivity index (χ0n) is 14.5. The highest BCUT2D eigenvalue weighted by atomic mass is 32.1. The lowest BCUT2D eigenvalue weighted by atomic mass is 9.69. The third-order valence-corrected chi connectivity index (χ3v) is 6.15. The van der Waals surface area contributed by atoms with Gasteiger partial charge in [0.1, 0.15) is 10.6 Å². The van der Waals surface area contributed by atoms with Crippen LogP contribution in [0.25, 0.3) is 10.2 Å². The monoisotopic (exact) mass is 368 g/mol. The molecule has 0 aliphatic heterocycles. The van der Waals surface area contributed by atoms with Gasteiger partial charge in [-0.1, -0.05) is 31.4 Å². The number of benzene rings is 1. The van der Waals surface area contributed by atoms with Crippen molar-refractivity contribution < 1.29 is 9.18 Å². The van der Waals surface area contributed by atoms with Crippen molar-refractivity contribution in [2.45, 2.75) is 38.5 Å². The fourth-order valence-corrected chi connectivity index (χ4v) is 4.62. The first kappa shape index (κ1) is 17.2. The highest BCUT2D eigenvalue weighted by molar-refractivity contribution is 7.16. The molecule has 2 heterocycles. The van der Waals surface area contributed by atoms with E-state index in [1.54, 1.807) is 29.7 Å². The summed E-state index contributed by atoms with van der Waals surface area (Å²) in [7, 11) is 0. The lowest BCUT2D eigenvalue weighted by molar-refractivity contribution is -0.127. The Hall–Kier alpha value is -2.27. The maximum Gasteiger partial charge on any atom is 0.230 e. The summed E-state index contributed by atoms with van der Waals surface area (Å²) >= 11 is 1.59. The molecule has 0 radical (unpaired) electrons. The molecular weight excluding hydrogens is 347 g/mol. The van der Waals surface area contributed by atoms with Crippen LogP contribution in [0, 0.1) is 11.2 Å². The van der Waals surface area contributed by atoms with E-state index in [0.29, 0.717) is 6.42 Å². The Labute approximate surface area is 156 Å². The molecule has 0 saturated heterocycles. The van der Waals surface area contributed by atoms with Crippen molar-refractivity contribution in [3.05, 3.63) is 59.4 Å². The molecule has 0 atom stereocenters. The number of nitrogens with one attached hydrogen (secondary N) is 1. The fraction of sp³-hybridized carbons (Fsp3) is 0.333. The van der Waals surface area contributed by atoms with Gasteiger partial charge in [0, 0.05) is 5.39 Å². The summed E-state index contributed by atoms with van der Waals surface area (Å²) < 4.78 is 13.2. The first-order chi connectivity index (χ1) is 12.6. The van der Waals surface area contributed by atoms with Crippen LogP contribution in [0.2, 0.25) is 0 Å². The smallest absolute Gasteiger partial charge is 0.230 e. The van der Waals surface area contributed by atoms with Gasteiger partial charge in [-0.2, -0.15) is 0 Å². The number of thiophene rings is 1. The van der Waals surface area contributed by atoms with Gasteiger partial charge in [-0.05, 0) is 54.5 Å². The summed E-state index contributed by atoms with van der Waals surface area (Å²) in [5, 5.41) is 6.14. The Morgan fingerprint density at radius 3 is 2.69 bits per heavy atom. The molecule has 3 aromatic rings. The second kappa shape index (κ2) is 7.16. The van der Waals surface area contributed by atoms with E-state index >= 15 is 0 Å². The molecule has 1 saturated carbocycles. The molecule has 1 aliphatic rings. The molecule has 1 fully saturated rings. The van der Waals surface area contributed by atoms with E-state index in [-0.39, 0.29) is 11.7 Å². The number of anilines is 1. The highest BCUT2D eigenvalue weighted by Crippen LogP contribution is 2.40. The van der Waals surface area contributed by atoms with E-state index in [4.69, 9.17) is 0 Å². The third-order valence-electron chi connectivity index (χ3n) is 5.31. The molecule has 3 nitrogen and oxygen atoms in total. The largest absolute Gasteiger partial charge is 0.324 e. The molecule has 4 rings (SSSR count). The summed E-state index contributed by atoms with van der Waals surface area (Å²) in [5.41, 5.74) is 1.32. The summed E-state index contributed by atoms with van der Waals surface area (Å²) in [5.74, 6) is -0.191. The number of aromatic nitrogens is 1. The van der Waals surface area contributed by atoms with Crippen LogP contribution in [-0.4, -0.2) is 10.9 Å². The Morgan fingerprint density at radius 1 is 1.15 bits per heavy atom. The number of hydrogen-bond donors (Lipinski definition) is 1. The van der Waals surface area contributed by atoms with Gasteiger partial charge in [0.15, 0.2) is 0 Å². The summed E-state index contributed by atoms with van der Waals surface area (Å²) in [6.45, 7) is 0. The second-order valence-corrected chi connectivity index (χ2v) is 8.03. The minimum atomic E-state index is -0.431. The van der Waals surface area contributed by atoms with Crippen molar-refractivity contribution >= 4 is 33.1 Å².